The van der Waals surface area contributed by atoms with Crippen molar-refractivity contribution in [3.8, 4) is 5.75 Å². The van der Waals surface area contributed by atoms with Gasteiger partial charge in [0.25, 0.3) is 0 Å². The van der Waals surface area contributed by atoms with Gasteiger partial charge >= 0.3 is 11.9 Å². The van der Waals surface area contributed by atoms with Gasteiger partial charge < -0.3 is 15.2 Å². The maximum absolute atomic E-state index is 12.0. The number of nitrogen functional groups attached to an aromatic ring is 1. The van der Waals surface area contributed by atoms with Gasteiger partial charge in [-0.05, 0) is 30.3 Å². The van der Waals surface area contributed by atoms with E-state index in [2.05, 4.69) is 4.74 Å². The maximum atomic E-state index is 12.0. The van der Waals surface area contributed by atoms with Gasteiger partial charge in [-0.3, -0.25) is 0 Å². The van der Waals surface area contributed by atoms with Crippen LogP contribution in [0.25, 0.3) is 0 Å². The van der Waals surface area contributed by atoms with Crippen molar-refractivity contribution in [2.45, 2.75) is 0 Å². The van der Waals surface area contributed by atoms with Crippen LogP contribution in [0.1, 0.15) is 20.7 Å². The Bertz CT molecular complexity index is 652. The zero-order valence-corrected chi connectivity index (χ0v) is 10.8. The molecule has 0 aliphatic carbocycles. The number of esters is 2. The first-order chi connectivity index (χ1) is 9.61. The first kappa shape index (κ1) is 13.6. The van der Waals surface area contributed by atoms with E-state index in [1.54, 1.807) is 30.3 Å². The lowest BCUT2D eigenvalue weighted by Crippen LogP contribution is -2.12. The summed E-state index contributed by atoms with van der Waals surface area (Å²) in [6.45, 7) is 0. The number of methoxy groups -OCH3 is 1. The SMILES string of the molecule is COC(=O)c1ccccc1OC(=O)c1cccc(N)c1. The molecule has 0 unspecified atom stereocenters. The topological polar surface area (TPSA) is 78.6 Å². The van der Waals surface area contributed by atoms with Crippen LogP contribution in [0.5, 0.6) is 5.75 Å². The van der Waals surface area contributed by atoms with Crippen molar-refractivity contribution in [2.75, 3.05) is 12.8 Å². The van der Waals surface area contributed by atoms with Gasteiger partial charge in [0.05, 0.1) is 12.7 Å². The summed E-state index contributed by atoms with van der Waals surface area (Å²) in [5, 5.41) is 0. The van der Waals surface area contributed by atoms with Crippen LogP contribution < -0.4 is 10.5 Å². The molecule has 0 fully saturated rings. The smallest absolute Gasteiger partial charge is 0.343 e. The molecule has 0 radical (unpaired) electrons. The summed E-state index contributed by atoms with van der Waals surface area (Å²) in [6.07, 6.45) is 0. The summed E-state index contributed by atoms with van der Waals surface area (Å²) in [5.74, 6) is -1.01. The highest BCUT2D eigenvalue weighted by Crippen LogP contribution is 2.20. The third-order valence-electron chi connectivity index (χ3n) is 2.62. The van der Waals surface area contributed by atoms with Crippen LogP contribution in [0, 0.1) is 0 Å². The Kier molecular flexibility index (Phi) is 4.00. The van der Waals surface area contributed by atoms with Gasteiger partial charge in [-0.2, -0.15) is 0 Å². The molecule has 0 heterocycles. The largest absolute Gasteiger partial charge is 0.465 e. The molecule has 0 amide bonds. The van der Waals surface area contributed by atoms with Gasteiger partial charge in [-0.25, -0.2) is 9.59 Å². The molecule has 0 spiro atoms. The van der Waals surface area contributed by atoms with Crippen LogP contribution >= 0.6 is 0 Å². The van der Waals surface area contributed by atoms with Crippen LogP contribution in [0.2, 0.25) is 0 Å². The van der Waals surface area contributed by atoms with Gasteiger partial charge in [-0.15, -0.1) is 0 Å². The van der Waals surface area contributed by atoms with Crippen molar-refractivity contribution < 1.29 is 19.1 Å². The van der Waals surface area contributed by atoms with E-state index < -0.39 is 11.9 Å². The first-order valence-corrected chi connectivity index (χ1v) is 5.87. The minimum Gasteiger partial charge on any atom is -0.465 e. The molecule has 2 rings (SSSR count). The van der Waals surface area contributed by atoms with E-state index in [9.17, 15) is 9.59 Å². The van der Waals surface area contributed by atoms with Crippen molar-refractivity contribution >= 4 is 17.6 Å². The first-order valence-electron chi connectivity index (χ1n) is 5.87. The monoisotopic (exact) mass is 271 g/mol. The third kappa shape index (κ3) is 2.95. The minimum absolute atomic E-state index is 0.145. The molecule has 2 aromatic carbocycles. The molecule has 102 valence electrons. The summed E-state index contributed by atoms with van der Waals surface area (Å²) in [6, 6.07) is 12.8. The number of anilines is 1. The van der Waals surface area contributed by atoms with Crippen molar-refractivity contribution in [2.24, 2.45) is 0 Å². The van der Waals surface area contributed by atoms with E-state index in [0.717, 1.165) is 0 Å². The number of benzene rings is 2. The van der Waals surface area contributed by atoms with E-state index in [-0.39, 0.29) is 11.3 Å². The van der Waals surface area contributed by atoms with E-state index >= 15 is 0 Å². The molecule has 2 aromatic rings. The Labute approximate surface area is 115 Å². The van der Waals surface area contributed by atoms with Crippen molar-refractivity contribution in [3.05, 3.63) is 59.7 Å². The Morgan fingerprint density at radius 2 is 1.75 bits per heavy atom. The highest BCUT2D eigenvalue weighted by atomic mass is 16.5. The second kappa shape index (κ2) is 5.88. The van der Waals surface area contributed by atoms with Gasteiger partial charge in [0.2, 0.25) is 0 Å². The molecular formula is C15H13NO4. The molecule has 2 N–H and O–H groups in total. The number of hydrogen-bond donors (Lipinski definition) is 1. The van der Waals surface area contributed by atoms with Crippen molar-refractivity contribution in [1.82, 2.24) is 0 Å². The van der Waals surface area contributed by atoms with Crippen LogP contribution in [-0.2, 0) is 4.74 Å². The van der Waals surface area contributed by atoms with Gasteiger partial charge in [0, 0.05) is 5.69 Å². The van der Waals surface area contributed by atoms with Gasteiger partial charge in [0.1, 0.15) is 11.3 Å². The van der Waals surface area contributed by atoms with Crippen molar-refractivity contribution in [3.63, 3.8) is 0 Å². The molecule has 0 aromatic heterocycles. The van der Waals surface area contributed by atoms with Gasteiger partial charge in [-0.1, -0.05) is 18.2 Å². The number of carbonyl (C=O) groups is 2. The van der Waals surface area contributed by atoms with Gasteiger partial charge in [0.15, 0.2) is 0 Å². The zero-order chi connectivity index (χ0) is 14.5. The summed E-state index contributed by atoms with van der Waals surface area (Å²) in [7, 11) is 1.26. The average Bonchev–Trinajstić information content (AvgIpc) is 2.47. The van der Waals surface area contributed by atoms with Crippen LogP contribution in [-0.4, -0.2) is 19.0 Å². The fourth-order valence-electron chi connectivity index (χ4n) is 1.66. The van der Waals surface area contributed by atoms with E-state index in [0.29, 0.717) is 11.3 Å². The number of nitrogens with two attached hydrogens (primary N) is 1. The van der Waals surface area contributed by atoms with E-state index in [1.807, 2.05) is 0 Å². The molecule has 5 heteroatoms. The Balaban J connectivity index is 2.26. The summed E-state index contributed by atoms with van der Waals surface area (Å²) in [5.41, 5.74) is 6.56. The Morgan fingerprint density at radius 1 is 1.00 bits per heavy atom. The predicted molar refractivity (Wildman–Crippen MR) is 73.6 cm³/mol. The number of hydrogen-bond acceptors (Lipinski definition) is 5. The molecule has 0 saturated heterocycles. The molecular weight excluding hydrogens is 258 g/mol. The molecule has 0 atom stereocenters. The highest BCUT2D eigenvalue weighted by Gasteiger charge is 2.16. The third-order valence-corrected chi connectivity index (χ3v) is 2.62. The second-order valence-corrected chi connectivity index (χ2v) is 4.00. The lowest BCUT2D eigenvalue weighted by Gasteiger charge is -2.08. The lowest BCUT2D eigenvalue weighted by molar-refractivity contribution is 0.0593. The molecule has 0 aliphatic heterocycles. The molecule has 5 nitrogen and oxygen atoms in total. The van der Waals surface area contributed by atoms with E-state index in [4.69, 9.17) is 10.5 Å². The average molecular weight is 271 g/mol. The molecule has 0 saturated carbocycles. The normalized spacial score (nSPS) is 9.85. The number of carbonyl (C=O) groups excluding carboxylic acids is 2. The molecule has 0 aliphatic rings. The molecule has 0 bridgehead atoms. The van der Waals surface area contributed by atoms with Crippen molar-refractivity contribution in [1.29, 1.82) is 0 Å². The van der Waals surface area contributed by atoms with E-state index in [1.165, 1.54) is 25.3 Å². The fraction of sp³-hybridized carbons (Fsp3) is 0.0667. The number of rotatable bonds is 3. The van der Waals surface area contributed by atoms with Crippen LogP contribution in [0.4, 0.5) is 5.69 Å². The van der Waals surface area contributed by atoms with Crippen LogP contribution in [0.15, 0.2) is 48.5 Å². The summed E-state index contributed by atoms with van der Waals surface area (Å²) < 4.78 is 9.85. The summed E-state index contributed by atoms with van der Waals surface area (Å²) in [4.78, 5) is 23.6. The Hall–Kier alpha value is -2.82. The second-order valence-electron chi connectivity index (χ2n) is 4.00. The molecule has 20 heavy (non-hydrogen) atoms. The highest BCUT2D eigenvalue weighted by molar-refractivity contribution is 5.96. The van der Waals surface area contributed by atoms with Crippen LogP contribution in [0.3, 0.4) is 0 Å². The lowest BCUT2D eigenvalue weighted by atomic mass is 10.2. The predicted octanol–water partition coefficient (Wildman–Crippen LogP) is 2.27. The quantitative estimate of drug-likeness (QED) is 0.526. The fourth-order valence-corrected chi connectivity index (χ4v) is 1.66. The zero-order valence-electron chi connectivity index (χ0n) is 10.8. The minimum atomic E-state index is -0.589. The standard InChI is InChI=1S/C15H13NO4/c1-19-15(18)12-7-2-3-8-13(12)20-14(17)10-5-4-6-11(16)9-10/h2-9H,16H2,1H3. The summed E-state index contributed by atoms with van der Waals surface area (Å²) >= 11 is 0. The number of para-hydroxylation sites is 1. The maximum Gasteiger partial charge on any atom is 0.343 e. The Morgan fingerprint density at radius 3 is 2.45 bits per heavy atom. The number of ether oxygens (including phenoxy) is 2.